The number of anilines is 1. The zero-order chi connectivity index (χ0) is 17.0. The number of carbonyl (C=O) groups excluding carboxylic acids is 1. The zero-order valence-corrected chi connectivity index (χ0v) is 12.6. The first-order valence-electron chi connectivity index (χ1n) is 6.81. The van der Waals surface area contributed by atoms with Crippen LogP contribution in [0.1, 0.15) is 23.0 Å². The monoisotopic (exact) mass is 331 g/mol. The molecule has 2 heterocycles. The molecule has 0 saturated heterocycles. The standard InChI is InChI=1S/C13H16F3N5O2/c1-3-20-6-11(9(2)19-20)12(22)18-10-4-17-21(5-10)8-23-7-13(14,15)16/h4-6H,3,7-8H2,1-2H3,(H,18,22). The Morgan fingerprint density at radius 1 is 1.35 bits per heavy atom. The number of amides is 1. The van der Waals surface area contributed by atoms with Gasteiger partial charge in [0.05, 0.1) is 29.3 Å². The number of hydrogen-bond donors (Lipinski definition) is 1. The quantitative estimate of drug-likeness (QED) is 0.881. The minimum absolute atomic E-state index is 0.356. The Kier molecular flexibility index (Phi) is 5.04. The molecule has 0 unspecified atom stereocenters. The molecule has 0 aliphatic carbocycles. The molecule has 0 bridgehead atoms. The molecule has 0 aliphatic heterocycles. The van der Waals surface area contributed by atoms with Crippen molar-refractivity contribution in [3.05, 3.63) is 29.8 Å². The zero-order valence-electron chi connectivity index (χ0n) is 12.6. The van der Waals surface area contributed by atoms with Gasteiger partial charge < -0.3 is 10.1 Å². The summed E-state index contributed by atoms with van der Waals surface area (Å²) >= 11 is 0. The fraction of sp³-hybridized carbons (Fsp3) is 0.462. The summed E-state index contributed by atoms with van der Waals surface area (Å²) in [7, 11) is 0. The Morgan fingerprint density at radius 2 is 2.09 bits per heavy atom. The predicted molar refractivity (Wildman–Crippen MR) is 74.8 cm³/mol. The SMILES string of the molecule is CCn1cc(C(=O)Nc2cnn(COCC(F)(F)F)c2)c(C)n1. The first-order chi connectivity index (χ1) is 10.8. The summed E-state index contributed by atoms with van der Waals surface area (Å²) in [6.07, 6.45) is -0.0506. The van der Waals surface area contributed by atoms with Crippen LogP contribution in [0, 0.1) is 6.92 Å². The smallest absolute Gasteiger partial charge is 0.350 e. The molecular formula is C13H16F3N5O2. The minimum Gasteiger partial charge on any atom is -0.350 e. The molecule has 126 valence electrons. The van der Waals surface area contributed by atoms with Gasteiger partial charge in [0.1, 0.15) is 13.3 Å². The fourth-order valence-corrected chi connectivity index (χ4v) is 1.85. The third-order valence-electron chi connectivity index (χ3n) is 2.90. The van der Waals surface area contributed by atoms with Gasteiger partial charge in [-0.1, -0.05) is 0 Å². The van der Waals surface area contributed by atoms with Crippen LogP contribution in [0.3, 0.4) is 0 Å². The van der Waals surface area contributed by atoms with E-state index in [0.29, 0.717) is 23.5 Å². The number of nitrogens with one attached hydrogen (secondary N) is 1. The molecule has 0 radical (unpaired) electrons. The van der Waals surface area contributed by atoms with E-state index in [-0.39, 0.29) is 12.6 Å². The van der Waals surface area contributed by atoms with E-state index in [1.807, 2.05) is 6.92 Å². The van der Waals surface area contributed by atoms with E-state index in [4.69, 9.17) is 0 Å². The summed E-state index contributed by atoms with van der Waals surface area (Å²) in [6.45, 7) is 2.54. The average Bonchev–Trinajstić information content (AvgIpc) is 3.04. The molecule has 1 amide bonds. The van der Waals surface area contributed by atoms with Gasteiger partial charge in [-0.15, -0.1) is 0 Å². The van der Waals surface area contributed by atoms with Gasteiger partial charge in [0.25, 0.3) is 5.91 Å². The largest absolute Gasteiger partial charge is 0.411 e. The van der Waals surface area contributed by atoms with Crippen molar-refractivity contribution >= 4 is 11.6 Å². The van der Waals surface area contributed by atoms with Crippen LogP contribution in [0.2, 0.25) is 0 Å². The Hall–Kier alpha value is -2.36. The molecule has 2 aromatic rings. The molecule has 2 rings (SSSR count). The molecule has 7 nitrogen and oxygen atoms in total. The van der Waals surface area contributed by atoms with Gasteiger partial charge >= 0.3 is 6.18 Å². The van der Waals surface area contributed by atoms with Gasteiger partial charge in [-0.05, 0) is 13.8 Å². The van der Waals surface area contributed by atoms with Crippen molar-refractivity contribution in [3.8, 4) is 0 Å². The summed E-state index contributed by atoms with van der Waals surface area (Å²) in [5.74, 6) is -0.363. The van der Waals surface area contributed by atoms with Crippen molar-refractivity contribution in [2.45, 2.75) is 33.3 Å². The van der Waals surface area contributed by atoms with E-state index < -0.39 is 12.8 Å². The summed E-state index contributed by atoms with van der Waals surface area (Å²) in [5.41, 5.74) is 1.37. The number of alkyl halides is 3. The fourth-order valence-electron chi connectivity index (χ4n) is 1.85. The summed E-state index contributed by atoms with van der Waals surface area (Å²) in [6, 6.07) is 0. The first-order valence-corrected chi connectivity index (χ1v) is 6.81. The Bertz CT molecular complexity index is 677. The van der Waals surface area contributed by atoms with Gasteiger partial charge in [-0.25, -0.2) is 4.68 Å². The maximum atomic E-state index is 12.1. The third kappa shape index (κ3) is 4.81. The lowest BCUT2D eigenvalue weighted by molar-refractivity contribution is -0.182. The maximum Gasteiger partial charge on any atom is 0.411 e. The second-order valence-electron chi connectivity index (χ2n) is 4.80. The minimum atomic E-state index is -4.39. The number of aryl methyl sites for hydroxylation is 2. The van der Waals surface area contributed by atoms with Gasteiger partial charge in [-0.2, -0.15) is 23.4 Å². The molecule has 0 spiro atoms. The molecule has 0 atom stereocenters. The Labute approximate surface area is 130 Å². The van der Waals surface area contributed by atoms with Gasteiger partial charge in [0.2, 0.25) is 0 Å². The normalized spacial score (nSPS) is 11.7. The van der Waals surface area contributed by atoms with Crippen LogP contribution in [-0.4, -0.2) is 38.3 Å². The first kappa shape index (κ1) is 17.0. The number of aromatic nitrogens is 4. The van der Waals surface area contributed by atoms with Gasteiger partial charge in [0.15, 0.2) is 0 Å². The van der Waals surface area contributed by atoms with Crippen LogP contribution < -0.4 is 5.32 Å². The van der Waals surface area contributed by atoms with Crippen molar-refractivity contribution in [2.24, 2.45) is 0 Å². The summed E-state index contributed by atoms with van der Waals surface area (Å²) in [5, 5.41) is 10.6. The van der Waals surface area contributed by atoms with E-state index in [9.17, 15) is 18.0 Å². The number of nitrogens with zero attached hydrogens (tertiary/aromatic N) is 4. The van der Waals surface area contributed by atoms with E-state index in [0.717, 1.165) is 4.68 Å². The van der Waals surface area contributed by atoms with Crippen LogP contribution in [0.25, 0.3) is 0 Å². The van der Waals surface area contributed by atoms with Crippen LogP contribution in [0.5, 0.6) is 0 Å². The predicted octanol–water partition coefficient (Wildman–Crippen LogP) is 2.20. The summed E-state index contributed by atoms with van der Waals surface area (Å²) in [4.78, 5) is 12.1. The highest BCUT2D eigenvalue weighted by Gasteiger charge is 2.27. The highest BCUT2D eigenvalue weighted by molar-refractivity contribution is 6.04. The lowest BCUT2D eigenvalue weighted by Gasteiger charge is -2.07. The average molecular weight is 331 g/mol. The molecule has 0 aliphatic rings. The second-order valence-corrected chi connectivity index (χ2v) is 4.80. The van der Waals surface area contributed by atoms with Crippen LogP contribution in [-0.2, 0) is 18.0 Å². The van der Waals surface area contributed by atoms with E-state index in [1.165, 1.54) is 12.4 Å². The number of halogens is 3. The summed E-state index contributed by atoms with van der Waals surface area (Å²) < 4.78 is 43.2. The number of rotatable bonds is 6. The highest BCUT2D eigenvalue weighted by atomic mass is 19.4. The lowest BCUT2D eigenvalue weighted by Crippen LogP contribution is -2.18. The van der Waals surface area contributed by atoms with Crippen molar-refractivity contribution in [2.75, 3.05) is 11.9 Å². The highest BCUT2D eigenvalue weighted by Crippen LogP contribution is 2.15. The van der Waals surface area contributed by atoms with Crippen molar-refractivity contribution in [3.63, 3.8) is 0 Å². The van der Waals surface area contributed by atoms with Crippen LogP contribution in [0.4, 0.5) is 18.9 Å². The van der Waals surface area contributed by atoms with E-state index in [1.54, 1.807) is 17.8 Å². The van der Waals surface area contributed by atoms with Crippen molar-refractivity contribution in [1.82, 2.24) is 19.6 Å². The molecule has 23 heavy (non-hydrogen) atoms. The van der Waals surface area contributed by atoms with Gasteiger partial charge in [0, 0.05) is 12.7 Å². The molecule has 0 saturated carbocycles. The van der Waals surface area contributed by atoms with Crippen molar-refractivity contribution in [1.29, 1.82) is 0 Å². The lowest BCUT2D eigenvalue weighted by atomic mass is 10.2. The van der Waals surface area contributed by atoms with Crippen molar-refractivity contribution < 1.29 is 22.7 Å². The van der Waals surface area contributed by atoms with Crippen LogP contribution in [0.15, 0.2) is 18.6 Å². The number of carbonyl (C=O) groups is 1. The number of hydrogen-bond acceptors (Lipinski definition) is 4. The van der Waals surface area contributed by atoms with Crippen LogP contribution >= 0.6 is 0 Å². The third-order valence-corrected chi connectivity index (χ3v) is 2.90. The molecular weight excluding hydrogens is 315 g/mol. The van der Waals surface area contributed by atoms with E-state index >= 15 is 0 Å². The molecule has 0 aromatic carbocycles. The van der Waals surface area contributed by atoms with E-state index in [2.05, 4.69) is 20.3 Å². The molecule has 10 heteroatoms. The second kappa shape index (κ2) is 6.82. The maximum absolute atomic E-state index is 12.1. The molecule has 1 N–H and O–H groups in total. The molecule has 2 aromatic heterocycles. The molecule has 0 fully saturated rings. The topological polar surface area (TPSA) is 74.0 Å². The van der Waals surface area contributed by atoms with Gasteiger partial charge in [-0.3, -0.25) is 9.48 Å². The Morgan fingerprint density at radius 3 is 2.70 bits per heavy atom. The number of ether oxygens (including phenoxy) is 1. The Balaban J connectivity index is 1.93.